The van der Waals surface area contributed by atoms with Crippen LogP contribution in [0.1, 0.15) is 21.5 Å². The normalized spacial score (nSPS) is 10.9. The molecule has 0 bridgehead atoms. The fourth-order valence-corrected chi connectivity index (χ4v) is 3.71. The van der Waals surface area contributed by atoms with Gasteiger partial charge in [-0.3, -0.25) is 9.59 Å². The van der Waals surface area contributed by atoms with Crippen molar-refractivity contribution in [2.45, 2.75) is 13.8 Å². The zero-order valence-electron chi connectivity index (χ0n) is 16.0. The number of carbonyl (C=O) groups is 1. The van der Waals surface area contributed by atoms with E-state index in [0.29, 0.717) is 28.0 Å². The summed E-state index contributed by atoms with van der Waals surface area (Å²) in [5, 5.41) is 3.46. The van der Waals surface area contributed by atoms with Crippen molar-refractivity contribution >= 4 is 38.5 Å². The highest BCUT2D eigenvalue weighted by molar-refractivity contribution is 9.10. The number of benzene rings is 3. The zero-order chi connectivity index (χ0) is 20.5. The maximum atomic E-state index is 12.6. The van der Waals surface area contributed by atoms with Crippen LogP contribution in [0, 0.1) is 13.8 Å². The number of amides is 1. The minimum absolute atomic E-state index is 0.0870. The second-order valence-electron chi connectivity index (χ2n) is 6.99. The van der Waals surface area contributed by atoms with Crippen molar-refractivity contribution < 1.29 is 9.21 Å². The Morgan fingerprint density at radius 3 is 2.31 bits per heavy atom. The molecule has 0 radical (unpaired) electrons. The number of fused-ring (bicyclic) bond motifs is 1. The van der Waals surface area contributed by atoms with Crippen LogP contribution >= 0.6 is 15.9 Å². The molecule has 29 heavy (non-hydrogen) atoms. The Hall–Kier alpha value is -3.18. The van der Waals surface area contributed by atoms with Gasteiger partial charge in [-0.15, -0.1) is 0 Å². The van der Waals surface area contributed by atoms with Crippen LogP contribution in [0.4, 0.5) is 5.69 Å². The lowest BCUT2D eigenvalue weighted by Crippen LogP contribution is -2.12. The monoisotopic (exact) mass is 447 g/mol. The molecule has 1 heterocycles. The molecule has 5 heteroatoms. The quantitative estimate of drug-likeness (QED) is 0.413. The van der Waals surface area contributed by atoms with Gasteiger partial charge in [-0.05, 0) is 71.7 Å². The van der Waals surface area contributed by atoms with E-state index in [2.05, 4.69) is 21.2 Å². The van der Waals surface area contributed by atoms with Gasteiger partial charge < -0.3 is 9.73 Å². The Morgan fingerprint density at radius 2 is 1.59 bits per heavy atom. The summed E-state index contributed by atoms with van der Waals surface area (Å²) < 4.78 is 6.73. The van der Waals surface area contributed by atoms with Gasteiger partial charge in [0.1, 0.15) is 11.3 Å². The molecule has 4 nitrogen and oxygen atoms in total. The van der Waals surface area contributed by atoms with Crippen molar-refractivity contribution in [2.24, 2.45) is 0 Å². The maximum absolute atomic E-state index is 12.6. The molecule has 3 aromatic carbocycles. The topological polar surface area (TPSA) is 59.3 Å². The third-order valence-electron chi connectivity index (χ3n) is 4.69. The Morgan fingerprint density at radius 1 is 0.897 bits per heavy atom. The van der Waals surface area contributed by atoms with E-state index in [4.69, 9.17) is 4.42 Å². The van der Waals surface area contributed by atoms with Gasteiger partial charge in [0.2, 0.25) is 0 Å². The number of halogens is 1. The number of aryl methyl sites for hydroxylation is 2. The summed E-state index contributed by atoms with van der Waals surface area (Å²) in [4.78, 5) is 25.0. The highest BCUT2D eigenvalue weighted by Gasteiger charge is 2.11. The van der Waals surface area contributed by atoms with Gasteiger partial charge in [0.25, 0.3) is 5.91 Å². The van der Waals surface area contributed by atoms with Gasteiger partial charge in [-0.1, -0.05) is 29.8 Å². The van der Waals surface area contributed by atoms with E-state index in [1.165, 1.54) is 6.07 Å². The minimum Gasteiger partial charge on any atom is -0.456 e. The predicted octanol–water partition coefficient (Wildman–Crippen LogP) is 6.09. The Balaban J connectivity index is 1.60. The fraction of sp³-hybridized carbons (Fsp3) is 0.0833. The highest BCUT2D eigenvalue weighted by atomic mass is 79.9. The van der Waals surface area contributed by atoms with Crippen LogP contribution in [0.2, 0.25) is 0 Å². The first-order valence-electron chi connectivity index (χ1n) is 9.13. The number of nitrogens with one attached hydrogen (secondary N) is 1. The molecule has 0 aliphatic heterocycles. The van der Waals surface area contributed by atoms with Crippen molar-refractivity contribution in [1.82, 2.24) is 0 Å². The number of anilines is 1. The molecule has 0 saturated carbocycles. The van der Waals surface area contributed by atoms with Crippen LogP contribution in [0.5, 0.6) is 0 Å². The van der Waals surface area contributed by atoms with Crippen LogP contribution < -0.4 is 10.7 Å². The molecule has 1 N–H and O–H groups in total. The zero-order valence-corrected chi connectivity index (χ0v) is 17.5. The average molecular weight is 448 g/mol. The molecule has 0 aliphatic rings. The molecule has 144 valence electrons. The molecule has 1 aromatic heterocycles. The van der Waals surface area contributed by atoms with E-state index in [0.717, 1.165) is 21.2 Å². The van der Waals surface area contributed by atoms with Gasteiger partial charge in [-0.25, -0.2) is 0 Å². The first-order valence-corrected chi connectivity index (χ1v) is 9.92. The molecule has 1 amide bonds. The standard InChI is InChI=1S/C24H18BrNO3/c1-14-4-10-22-18(11-14)21(27)13-23(29-22)16-5-7-17(8-6-16)24(28)26-20-9-3-15(2)12-19(20)25/h3-13H,1-2H3,(H,26,28). The molecule has 0 spiro atoms. The van der Waals surface area contributed by atoms with Crippen molar-refractivity contribution in [2.75, 3.05) is 5.32 Å². The summed E-state index contributed by atoms with van der Waals surface area (Å²) in [6.07, 6.45) is 0. The minimum atomic E-state index is -0.212. The van der Waals surface area contributed by atoms with Gasteiger partial charge >= 0.3 is 0 Å². The van der Waals surface area contributed by atoms with Crippen molar-refractivity contribution in [3.63, 3.8) is 0 Å². The largest absolute Gasteiger partial charge is 0.456 e. The molecular weight excluding hydrogens is 430 g/mol. The molecule has 0 aliphatic carbocycles. The third-order valence-corrected chi connectivity index (χ3v) is 5.34. The summed E-state index contributed by atoms with van der Waals surface area (Å²) in [6.45, 7) is 3.92. The highest BCUT2D eigenvalue weighted by Crippen LogP contribution is 2.25. The summed E-state index contributed by atoms with van der Waals surface area (Å²) in [7, 11) is 0. The van der Waals surface area contributed by atoms with E-state index in [9.17, 15) is 9.59 Å². The van der Waals surface area contributed by atoms with Gasteiger partial charge in [-0.2, -0.15) is 0 Å². The smallest absolute Gasteiger partial charge is 0.255 e. The van der Waals surface area contributed by atoms with Crippen LogP contribution in [0.25, 0.3) is 22.3 Å². The molecule has 0 atom stereocenters. The number of hydrogen-bond donors (Lipinski definition) is 1. The summed E-state index contributed by atoms with van der Waals surface area (Å²) >= 11 is 3.46. The van der Waals surface area contributed by atoms with Crippen LogP contribution in [0.15, 0.2) is 80.4 Å². The van der Waals surface area contributed by atoms with Gasteiger partial charge in [0.05, 0.1) is 11.1 Å². The van der Waals surface area contributed by atoms with Crippen molar-refractivity contribution in [1.29, 1.82) is 0 Å². The lowest BCUT2D eigenvalue weighted by atomic mass is 10.1. The molecular formula is C24H18BrNO3. The Labute approximate surface area is 176 Å². The maximum Gasteiger partial charge on any atom is 0.255 e. The summed E-state index contributed by atoms with van der Waals surface area (Å²) in [5.41, 5.74) is 4.53. The molecule has 4 aromatic rings. The average Bonchev–Trinajstić information content (AvgIpc) is 2.70. The number of carbonyl (C=O) groups excluding carboxylic acids is 1. The molecule has 4 rings (SSSR count). The van der Waals surface area contributed by atoms with E-state index >= 15 is 0 Å². The van der Waals surface area contributed by atoms with Crippen LogP contribution in [-0.4, -0.2) is 5.91 Å². The van der Waals surface area contributed by atoms with Gasteiger partial charge in [0.15, 0.2) is 5.43 Å². The second kappa shape index (κ2) is 7.68. The summed E-state index contributed by atoms with van der Waals surface area (Å²) in [5.74, 6) is 0.260. The predicted molar refractivity (Wildman–Crippen MR) is 119 cm³/mol. The first-order chi connectivity index (χ1) is 13.9. The first kappa shape index (κ1) is 19.2. The molecule has 0 unspecified atom stereocenters. The molecule has 0 fully saturated rings. The lowest BCUT2D eigenvalue weighted by Gasteiger charge is -2.09. The second-order valence-corrected chi connectivity index (χ2v) is 7.84. The van der Waals surface area contributed by atoms with Crippen LogP contribution in [-0.2, 0) is 0 Å². The van der Waals surface area contributed by atoms with Crippen molar-refractivity contribution in [3.8, 4) is 11.3 Å². The van der Waals surface area contributed by atoms with E-state index in [1.807, 2.05) is 44.2 Å². The van der Waals surface area contributed by atoms with Gasteiger partial charge in [0, 0.05) is 21.7 Å². The Bertz CT molecular complexity index is 1290. The molecule has 0 saturated heterocycles. The Kier molecular flexibility index (Phi) is 5.07. The number of rotatable bonds is 3. The van der Waals surface area contributed by atoms with E-state index < -0.39 is 0 Å². The SMILES string of the molecule is Cc1ccc(NC(=O)c2ccc(-c3cc(=O)c4cc(C)ccc4o3)cc2)c(Br)c1. The third kappa shape index (κ3) is 4.00. The van der Waals surface area contributed by atoms with Crippen molar-refractivity contribution in [3.05, 3.63) is 98.1 Å². The van der Waals surface area contributed by atoms with E-state index in [-0.39, 0.29) is 11.3 Å². The summed E-state index contributed by atoms with van der Waals surface area (Å²) in [6, 6.07) is 19.7. The lowest BCUT2D eigenvalue weighted by molar-refractivity contribution is 0.102. The number of hydrogen-bond acceptors (Lipinski definition) is 3. The van der Waals surface area contributed by atoms with E-state index in [1.54, 1.807) is 30.3 Å². The fourth-order valence-electron chi connectivity index (χ4n) is 3.11. The van der Waals surface area contributed by atoms with Crippen LogP contribution in [0.3, 0.4) is 0 Å².